The van der Waals surface area contributed by atoms with Gasteiger partial charge in [0.25, 0.3) is 0 Å². The fourth-order valence-electron chi connectivity index (χ4n) is 3.24. The number of carbonyl (C=O) groups excluding carboxylic acids is 1. The van der Waals surface area contributed by atoms with E-state index in [1.807, 2.05) is 49.4 Å². The summed E-state index contributed by atoms with van der Waals surface area (Å²) in [5.41, 5.74) is 5.13. The van der Waals surface area contributed by atoms with Crippen LogP contribution in [-0.4, -0.2) is 15.9 Å². The number of benzene rings is 2. The van der Waals surface area contributed by atoms with Crippen molar-refractivity contribution in [3.8, 4) is 0 Å². The van der Waals surface area contributed by atoms with Crippen molar-refractivity contribution in [2.45, 2.75) is 26.8 Å². The van der Waals surface area contributed by atoms with Gasteiger partial charge in [0.2, 0.25) is 5.91 Å². The number of thiazole rings is 1. The molecule has 1 amide bonds. The number of carbonyl (C=O) groups is 1. The van der Waals surface area contributed by atoms with Crippen molar-refractivity contribution < 1.29 is 4.79 Å². The number of aryl methyl sites for hydroxylation is 2. The SMILES string of the molecule is Cc1ccc(CC(=O)N(Cc2cccnc2)c2nc3ccc(Cl)cc3s2)c(C)c1. The number of hydrogen-bond acceptors (Lipinski definition) is 4. The van der Waals surface area contributed by atoms with Gasteiger partial charge in [0.05, 0.1) is 23.2 Å². The maximum atomic E-state index is 13.3. The van der Waals surface area contributed by atoms with Gasteiger partial charge in [-0.05, 0) is 54.8 Å². The highest BCUT2D eigenvalue weighted by atomic mass is 35.5. The summed E-state index contributed by atoms with van der Waals surface area (Å²) >= 11 is 7.60. The fourth-order valence-corrected chi connectivity index (χ4v) is 4.50. The number of pyridine rings is 1. The third-order valence-electron chi connectivity index (χ3n) is 4.77. The molecule has 0 bridgehead atoms. The minimum Gasteiger partial charge on any atom is -0.283 e. The van der Waals surface area contributed by atoms with Gasteiger partial charge in [-0.25, -0.2) is 4.98 Å². The summed E-state index contributed by atoms with van der Waals surface area (Å²) in [7, 11) is 0. The zero-order valence-corrected chi connectivity index (χ0v) is 17.8. The van der Waals surface area contributed by atoms with Gasteiger partial charge in [-0.1, -0.05) is 52.8 Å². The molecule has 0 radical (unpaired) electrons. The Labute approximate surface area is 178 Å². The van der Waals surface area contributed by atoms with Gasteiger partial charge in [0, 0.05) is 17.4 Å². The van der Waals surface area contributed by atoms with E-state index >= 15 is 0 Å². The molecule has 0 fully saturated rings. The van der Waals surface area contributed by atoms with E-state index in [1.54, 1.807) is 17.3 Å². The van der Waals surface area contributed by atoms with Crippen LogP contribution >= 0.6 is 22.9 Å². The summed E-state index contributed by atoms with van der Waals surface area (Å²) in [5, 5.41) is 1.33. The maximum absolute atomic E-state index is 13.3. The van der Waals surface area contributed by atoms with Crippen LogP contribution in [0.5, 0.6) is 0 Å². The Morgan fingerprint density at radius 3 is 2.76 bits per heavy atom. The molecule has 0 N–H and O–H groups in total. The molecular weight excluding hydrogens is 402 g/mol. The van der Waals surface area contributed by atoms with Crippen LogP contribution in [0.25, 0.3) is 10.2 Å². The van der Waals surface area contributed by atoms with Gasteiger partial charge in [-0.2, -0.15) is 0 Å². The molecule has 2 heterocycles. The highest BCUT2D eigenvalue weighted by Gasteiger charge is 2.21. The molecule has 29 heavy (non-hydrogen) atoms. The van der Waals surface area contributed by atoms with Crippen molar-refractivity contribution >= 4 is 44.2 Å². The molecule has 4 rings (SSSR count). The van der Waals surface area contributed by atoms with Crippen molar-refractivity contribution in [3.63, 3.8) is 0 Å². The monoisotopic (exact) mass is 421 g/mol. The molecule has 0 aliphatic rings. The number of anilines is 1. The predicted octanol–water partition coefficient (Wildman–Crippen LogP) is 5.74. The highest BCUT2D eigenvalue weighted by Crippen LogP contribution is 2.32. The number of fused-ring (bicyclic) bond motifs is 1. The highest BCUT2D eigenvalue weighted by molar-refractivity contribution is 7.22. The van der Waals surface area contributed by atoms with Crippen molar-refractivity contribution in [3.05, 3.63) is 88.2 Å². The number of amides is 1. The first kappa shape index (κ1) is 19.6. The number of aromatic nitrogens is 2. The summed E-state index contributed by atoms with van der Waals surface area (Å²) < 4.78 is 0.961. The molecule has 2 aromatic heterocycles. The lowest BCUT2D eigenvalue weighted by atomic mass is 10.0. The Bertz CT molecular complexity index is 1170. The van der Waals surface area contributed by atoms with Crippen LogP contribution < -0.4 is 4.90 Å². The van der Waals surface area contributed by atoms with E-state index in [4.69, 9.17) is 16.6 Å². The van der Waals surface area contributed by atoms with Crippen LogP contribution in [0.15, 0.2) is 60.9 Å². The van der Waals surface area contributed by atoms with Crippen molar-refractivity contribution in [2.24, 2.45) is 0 Å². The zero-order chi connectivity index (χ0) is 20.4. The van der Waals surface area contributed by atoms with Crippen LogP contribution in [0.2, 0.25) is 5.02 Å². The fraction of sp³-hybridized carbons (Fsp3) is 0.174. The van der Waals surface area contributed by atoms with Gasteiger partial charge in [-0.15, -0.1) is 0 Å². The van der Waals surface area contributed by atoms with E-state index in [2.05, 4.69) is 18.0 Å². The molecule has 4 aromatic rings. The average Bonchev–Trinajstić information content (AvgIpc) is 3.11. The normalized spacial score (nSPS) is 11.0. The zero-order valence-electron chi connectivity index (χ0n) is 16.2. The van der Waals surface area contributed by atoms with E-state index in [-0.39, 0.29) is 5.91 Å². The summed E-state index contributed by atoms with van der Waals surface area (Å²) in [5.74, 6) is 0.00552. The largest absolute Gasteiger partial charge is 0.283 e. The van der Waals surface area contributed by atoms with Crippen LogP contribution in [0, 0.1) is 13.8 Å². The number of halogens is 1. The van der Waals surface area contributed by atoms with E-state index in [0.29, 0.717) is 23.1 Å². The molecule has 6 heteroatoms. The summed E-state index contributed by atoms with van der Waals surface area (Å²) in [4.78, 5) is 24.0. The minimum absolute atomic E-state index is 0.00552. The maximum Gasteiger partial charge on any atom is 0.233 e. The molecule has 4 nitrogen and oxygen atoms in total. The Morgan fingerprint density at radius 2 is 2.00 bits per heavy atom. The van der Waals surface area contributed by atoms with Crippen LogP contribution in [-0.2, 0) is 17.8 Å². The Balaban J connectivity index is 1.69. The molecule has 146 valence electrons. The molecule has 2 aromatic carbocycles. The first-order valence-electron chi connectivity index (χ1n) is 9.31. The van der Waals surface area contributed by atoms with Crippen LogP contribution in [0.4, 0.5) is 5.13 Å². The van der Waals surface area contributed by atoms with Gasteiger partial charge in [0.15, 0.2) is 5.13 Å². The second-order valence-electron chi connectivity index (χ2n) is 7.06. The third-order valence-corrected chi connectivity index (χ3v) is 6.05. The molecule has 0 aliphatic heterocycles. The summed E-state index contributed by atoms with van der Waals surface area (Å²) in [6.45, 7) is 4.52. The molecule has 0 saturated heterocycles. The number of rotatable bonds is 5. The molecular formula is C23H20ClN3OS. The van der Waals surface area contributed by atoms with E-state index < -0.39 is 0 Å². The molecule has 0 atom stereocenters. The predicted molar refractivity (Wildman–Crippen MR) is 120 cm³/mol. The molecule has 0 spiro atoms. The Hall–Kier alpha value is -2.76. The molecule has 0 aliphatic carbocycles. The Kier molecular flexibility index (Phi) is 5.60. The van der Waals surface area contributed by atoms with Gasteiger partial charge >= 0.3 is 0 Å². The lowest BCUT2D eigenvalue weighted by Gasteiger charge is -2.20. The summed E-state index contributed by atoms with van der Waals surface area (Å²) in [6.07, 6.45) is 3.83. The number of hydrogen-bond donors (Lipinski definition) is 0. The van der Waals surface area contributed by atoms with Crippen molar-refractivity contribution in [1.82, 2.24) is 9.97 Å². The average molecular weight is 422 g/mol. The van der Waals surface area contributed by atoms with Gasteiger partial charge in [-0.3, -0.25) is 14.7 Å². The number of nitrogens with zero attached hydrogens (tertiary/aromatic N) is 3. The topological polar surface area (TPSA) is 46.1 Å². The molecule has 0 unspecified atom stereocenters. The first-order valence-corrected chi connectivity index (χ1v) is 10.5. The van der Waals surface area contributed by atoms with Crippen molar-refractivity contribution in [2.75, 3.05) is 4.90 Å². The Morgan fingerprint density at radius 1 is 1.14 bits per heavy atom. The standard InChI is InChI=1S/C23H20ClN3OS/c1-15-5-6-18(16(2)10-15)11-22(28)27(14-17-4-3-9-25-13-17)23-26-20-8-7-19(24)12-21(20)29-23/h3-10,12-13H,11,14H2,1-2H3. The van der Waals surface area contributed by atoms with Gasteiger partial charge < -0.3 is 0 Å². The second-order valence-corrected chi connectivity index (χ2v) is 8.50. The molecule has 0 saturated carbocycles. The van der Waals surface area contributed by atoms with Crippen molar-refractivity contribution in [1.29, 1.82) is 0 Å². The second kappa shape index (κ2) is 8.31. The van der Waals surface area contributed by atoms with Gasteiger partial charge in [0.1, 0.15) is 0 Å². The quantitative estimate of drug-likeness (QED) is 0.413. The smallest absolute Gasteiger partial charge is 0.233 e. The van der Waals surface area contributed by atoms with E-state index in [9.17, 15) is 4.79 Å². The minimum atomic E-state index is 0.00552. The summed E-state index contributed by atoms with van der Waals surface area (Å²) in [6, 6.07) is 15.6. The first-order chi connectivity index (χ1) is 14.0. The van der Waals surface area contributed by atoms with Crippen LogP contribution in [0.3, 0.4) is 0 Å². The lowest BCUT2D eigenvalue weighted by Crippen LogP contribution is -2.32. The lowest BCUT2D eigenvalue weighted by molar-refractivity contribution is -0.118. The van der Waals surface area contributed by atoms with E-state index in [0.717, 1.165) is 26.9 Å². The third kappa shape index (κ3) is 4.47. The van der Waals surface area contributed by atoms with E-state index in [1.165, 1.54) is 16.9 Å². The van der Waals surface area contributed by atoms with Crippen LogP contribution in [0.1, 0.15) is 22.3 Å².